The van der Waals surface area contributed by atoms with Crippen molar-refractivity contribution < 1.29 is 4.79 Å². The van der Waals surface area contributed by atoms with Crippen molar-refractivity contribution >= 4 is 23.2 Å². The van der Waals surface area contributed by atoms with Gasteiger partial charge in [0.1, 0.15) is 6.54 Å². The van der Waals surface area contributed by atoms with E-state index in [2.05, 4.69) is 20.7 Å². The van der Waals surface area contributed by atoms with Gasteiger partial charge in [0.15, 0.2) is 5.65 Å². The van der Waals surface area contributed by atoms with Gasteiger partial charge in [0.05, 0.1) is 0 Å². The molecule has 8 heteroatoms. The van der Waals surface area contributed by atoms with E-state index in [4.69, 9.17) is 0 Å². The smallest absolute Gasteiger partial charge is 0.350 e. The summed E-state index contributed by atoms with van der Waals surface area (Å²) in [4.78, 5) is 29.8. The highest BCUT2D eigenvalue weighted by Gasteiger charge is 2.15. The van der Waals surface area contributed by atoms with Crippen molar-refractivity contribution in [1.82, 2.24) is 24.5 Å². The van der Waals surface area contributed by atoms with E-state index in [1.807, 2.05) is 68.4 Å². The summed E-state index contributed by atoms with van der Waals surface area (Å²) >= 11 is 0. The van der Waals surface area contributed by atoms with E-state index in [1.54, 1.807) is 6.07 Å². The van der Waals surface area contributed by atoms with Crippen LogP contribution in [0.4, 0.5) is 11.6 Å². The van der Waals surface area contributed by atoms with Crippen molar-refractivity contribution in [3.63, 3.8) is 0 Å². The molecule has 1 amide bonds. The highest BCUT2D eigenvalue weighted by atomic mass is 16.2. The van der Waals surface area contributed by atoms with Crippen LogP contribution in [0.3, 0.4) is 0 Å². The normalized spacial score (nSPS) is 10.9. The fourth-order valence-corrected chi connectivity index (χ4v) is 3.16. The van der Waals surface area contributed by atoms with E-state index in [9.17, 15) is 9.59 Å². The topological polar surface area (TPSA) is 93.3 Å². The number of carbonyl (C=O) groups is 1. The Hall–Kier alpha value is -3.94. The molecule has 152 valence electrons. The molecule has 0 aliphatic heterocycles. The Morgan fingerprint density at radius 3 is 2.53 bits per heavy atom. The predicted molar refractivity (Wildman–Crippen MR) is 115 cm³/mol. The minimum absolute atomic E-state index is 0.170. The molecule has 2 N–H and O–H groups in total. The average Bonchev–Trinajstić information content (AvgIpc) is 3.04. The molecular formula is C22H22N6O2. The lowest BCUT2D eigenvalue weighted by Gasteiger charge is -2.10. The number of anilines is 2. The average molecular weight is 402 g/mol. The lowest BCUT2D eigenvalue weighted by molar-refractivity contribution is -0.122. The van der Waals surface area contributed by atoms with Gasteiger partial charge in [-0.3, -0.25) is 4.79 Å². The monoisotopic (exact) mass is 402 g/mol. The molecule has 0 aliphatic rings. The lowest BCUT2D eigenvalue weighted by Crippen LogP contribution is -2.32. The van der Waals surface area contributed by atoms with Crippen LogP contribution in [0.15, 0.2) is 65.5 Å². The molecule has 0 aliphatic carbocycles. The molecule has 0 saturated heterocycles. The Kier molecular flexibility index (Phi) is 5.30. The van der Waals surface area contributed by atoms with Crippen LogP contribution in [0.25, 0.3) is 5.65 Å². The molecule has 0 bridgehead atoms. The second-order valence-electron chi connectivity index (χ2n) is 7.06. The molecule has 2 aromatic carbocycles. The van der Waals surface area contributed by atoms with Crippen molar-refractivity contribution in [3.8, 4) is 0 Å². The molecule has 0 saturated carbocycles. The van der Waals surface area contributed by atoms with Crippen LogP contribution in [0.5, 0.6) is 0 Å². The second-order valence-corrected chi connectivity index (χ2v) is 7.06. The molecule has 0 spiro atoms. The van der Waals surface area contributed by atoms with Gasteiger partial charge in [0.2, 0.25) is 11.9 Å². The fourth-order valence-electron chi connectivity index (χ4n) is 3.16. The Bertz CT molecular complexity index is 1260. The van der Waals surface area contributed by atoms with Crippen LogP contribution in [0, 0.1) is 13.8 Å². The van der Waals surface area contributed by atoms with Gasteiger partial charge < -0.3 is 10.6 Å². The summed E-state index contributed by atoms with van der Waals surface area (Å²) in [6.07, 6.45) is 0. The van der Waals surface area contributed by atoms with E-state index in [0.29, 0.717) is 23.8 Å². The van der Waals surface area contributed by atoms with Crippen molar-refractivity contribution in [2.24, 2.45) is 0 Å². The van der Waals surface area contributed by atoms with Gasteiger partial charge in [0.25, 0.3) is 0 Å². The van der Waals surface area contributed by atoms with Crippen LogP contribution >= 0.6 is 0 Å². The Morgan fingerprint density at radius 1 is 1.03 bits per heavy atom. The number of benzene rings is 2. The Balaban J connectivity index is 1.59. The van der Waals surface area contributed by atoms with E-state index in [0.717, 1.165) is 21.5 Å². The molecule has 2 aromatic heterocycles. The Labute approximate surface area is 173 Å². The first-order valence-corrected chi connectivity index (χ1v) is 9.62. The molecule has 0 fully saturated rings. The third kappa shape index (κ3) is 4.07. The third-order valence-electron chi connectivity index (χ3n) is 4.71. The number of aryl methyl sites for hydroxylation is 2. The number of rotatable bonds is 6. The fraction of sp³-hybridized carbons (Fsp3) is 0.182. The van der Waals surface area contributed by atoms with Gasteiger partial charge in [-0.05, 0) is 31.0 Å². The van der Waals surface area contributed by atoms with Gasteiger partial charge in [0, 0.05) is 24.0 Å². The molecule has 2 heterocycles. The van der Waals surface area contributed by atoms with E-state index in [-0.39, 0.29) is 12.5 Å². The second kappa shape index (κ2) is 8.20. The highest BCUT2D eigenvalue weighted by molar-refractivity contribution is 5.75. The first-order chi connectivity index (χ1) is 14.5. The number of hydrogen-bond acceptors (Lipinski definition) is 5. The summed E-state index contributed by atoms with van der Waals surface area (Å²) in [6.45, 7) is 4.02. The molecule has 8 nitrogen and oxygen atoms in total. The first kappa shape index (κ1) is 19.4. The maximum atomic E-state index is 12.9. The summed E-state index contributed by atoms with van der Waals surface area (Å²) < 4.78 is 2.53. The van der Waals surface area contributed by atoms with E-state index >= 15 is 0 Å². The zero-order valence-electron chi connectivity index (χ0n) is 16.8. The van der Waals surface area contributed by atoms with Gasteiger partial charge in [-0.2, -0.15) is 0 Å². The minimum atomic E-state index is -0.427. The summed E-state index contributed by atoms with van der Waals surface area (Å²) in [5.41, 5.74) is 3.57. The van der Waals surface area contributed by atoms with Crippen LogP contribution in [0.1, 0.15) is 16.8 Å². The van der Waals surface area contributed by atoms with Crippen molar-refractivity contribution in [3.05, 3.63) is 88.0 Å². The molecule has 0 unspecified atom stereocenters. The number of amides is 1. The number of para-hydroxylation sites is 1. The molecule has 0 atom stereocenters. The zero-order chi connectivity index (χ0) is 21.1. The third-order valence-corrected chi connectivity index (χ3v) is 4.71. The van der Waals surface area contributed by atoms with Gasteiger partial charge in [-0.15, -0.1) is 5.10 Å². The van der Waals surface area contributed by atoms with Crippen molar-refractivity contribution in [2.45, 2.75) is 26.9 Å². The quantitative estimate of drug-likeness (QED) is 0.517. The predicted octanol–water partition coefficient (Wildman–Crippen LogP) is 2.57. The minimum Gasteiger partial charge on any atom is -0.350 e. The largest absolute Gasteiger partial charge is 0.353 e. The number of hydrogen-bond donors (Lipinski definition) is 2. The summed E-state index contributed by atoms with van der Waals surface area (Å²) in [5, 5.41) is 10.3. The van der Waals surface area contributed by atoms with Crippen molar-refractivity contribution in [2.75, 3.05) is 5.32 Å². The van der Waals surface area contributed by atoms with Gasteiger partial charge >= 0.3 is 5.69 Å². The van der Waals surface area contributed by atoms with Crippen LogP contribution in [-0.2, 0) is 17.9 Å². The highest BCUT2D eigenvalue weighted by Crippen LogP contribution is 2.19. The summed E-state index contributed by atoms with van der Waals surface area (Å²) in [6, 6.07) is 19.0. The summed E-state index contributed by atoms with van der Waals surface area (Å²) in [7, 11) is 0. The number of nitrogens with zero attached hydrogens (tertiary/aromatic N) is 4. The standard InChI is InChI=1S/C22H22N6O2/c1-15-8-6-7-11-18(15)25-21-24-16(2)12-19-26-27(22(30)28(19)21)14-20(29)23-13-17-9-4-3-5-10-17/h3-12H,13-14H2,1-2H3,(H,23,29)(H,24,25). The maximum Gasteiger partial charge on any atom is 0.353 e. The maximum absolute atomic E-state index is 12.9. The SMILES string of the molecule is Cc1cc2nn(CC(=O)NCc3ccccc3)c(=O)n2c(Nc2ccccc2C)n1. The van der Waals surface area contributed by atoms with Crippen LogP contribution in [0.2, 0.25) is 0 Å². The molecular weight excluding hydrogens is 380 g/mol. The number of carbonyl (C=O) groups excluding carboxylic acids is 1. The molecule has 4 rings (SSSR count). The van der Waals surface area contributed by atoms with Crippen LogP contribution < -0.4 is 16.3 Å². The van der Waals surface area contributed by atoms with Crippen molar-refractivity contribution in [1.29, 1.82) is 0 Å². The van der Waals surface area contributed by atoms with Crippen LogP contribution in [-0.4, -0.2) is 25.1 Å². The molecule has 30 heavy (non-hydrogen) atoms. The number of aromatic nitrogens is 4. The summed E-state index contributed by atoms with van der Waals surface area (Å²) in [5.74, 6) is 0.0719. The van der Waals surface area contributed by atoms with E-state index in [1.165, 1.54) is 4.40 Å². The van der Waals surface area contributed by atoms with E-state index < -0.39 is 5.69 Å². The molecule has 0 radical (unpaired) electrons. The molecule has 4 aromatic rings. The van der Waals surface area contributed by atoms with Gasteiger partial charge in [-0.1, -0.05) is 48.5 Å². The number of fused-ring (bicyclic) bond motifs is 1. The Morgan fingerprint density at radius 2 is 1.77 bits per heavy atom. The lowest BCUT2D eigenvalue weighted by atomic mass is 10.2. The zero-order valence-corrected chi connectivity index (χ0v) is 16.8. The number of nitrogens with one attached hydrogen (secondary N) is 2. The first-order valence-electron chi connectivity index (χ1n) is 9.62. The van der Waals surface area contributed by atoms with Gasteiger partial charge in [-0.25, -0.2) is 18.9 Å².